The molecule has 3 heteroatoms. The summed E-state index contributed by atoms with van der Waals surface area (Å²) in [5.74, 6) is 0.291. The predicted molar refractivity (Wildman–Crippen MR) is 37.6 cm³/mol. The highest BCUT2D eigenvalue weighted by atomic mass is 16.2. The van der Waals surface area contributed by atoms with Crippen molar-refractivity contribution < 1.29 is 4.79 Å². The van der Waals surface area contributed by atoms with Gasteiger partial charge in [-0.3, -0.25) is 4.79 Å². The molecule has 1 saturated carbocycles. The molecular weight excluding hydrogens is 128 g/mol. The van der Waals surface area contributed by atoms with Gasteiger partial charge in [-0.25, -0.2) is 0 Å². The van der Waals surface area contributed by atoms with Crippen LogP contribution in [0.1, 0.15) is 12.8 Å². The maximum atomic E-state index is 11.4. The lowest BCUT2D eigenvalue weighted by atomic mass is 10.2. The molecule has 2 fully saturated rings. The first-order valence-electron chi connectivity index (χ1n) is 3.75. The van der Waals surface area contributed by atoms with E-state index in [9.17, 15) is 4.79 Å². The van der Waals surface area contributed by atoms with Crippen molar-refractivity contribution in [1.82, 2.24) is 10.2 Å². The summed E-state index contributed by atoms with van der Waals surface area (Å²) in [5.41, 5.74) is -0.104. The van der Waals surface area contributed by atoms with Gasteiger partial charge in [0.2, 0.25) is 5.91 Å². The van der Waals surface area contributed by atoms with Crippen LogP contribution in [0.2, 0.25) is 0 Å². The molecule has 56 valence electrons. The summed E-state index contributed by atoms with van der Waals surface area (Å²) in [7, 11) is 1.88. The Labute approximate surface area is 60.4 Å². The molecule has 1 aliphatic carbocycles. The molecule has 1 aliphatic heterocycles. The van der Waals surface area contributed by atoms with Gasteiger partial charge in [-0.15, -0.1) is 0 Å². The molecule has 0 aromatic rings. The second-order valence-electron chi connectivity index (χ2n) is 3.24. The van der Waals surface area contributed by atoms with Crippen molar-refractivity contribution in [2.75, 3.05) is 20.1 Å². The predicted octanol–water partition coefficient (Wildman–Crippen LogP) is -0.419. The average molecular weight is 140 g/mol. The third-order valence-electron chi connectivity index (χ3n) is 2.42. The van der Waals surface area contributed by atoms with Gasteiger partial charge in [0, 0.05) is 20.1 Å². The molecule has 10 heavy (non-hydrogen) atoms. The van der Waals surface area contributed by atoms with Gasteiger partial charge < -0.3 is 10.2 Å². The molecule has 0 aromatic carbocycles. The summed E-state index contributed by atoms with van der Waals surface area (Å²) >= 11 is 0. The molecule has 0 radical (unpaired) electrons. The molecular formula is C7H12N2O. The number of rotatable bonds is 0. The number of nitrogens with zero attached hydrogens (tertiary/aromatic N) is 1. The van der Waals surface area contributed by atoms with Crippen LogP contribution in [0.25, 0.3) is 0 Å². The Morgan fingerprint density at radius 2 is 2.30 bits per heavy atom. The Kier molecular flexibility index (Phi) is 1.06. The third kappa shape index (κ3) is 0.669. The first-order chi connectivity index (χ1) is 4.75. The number of hydrogen-bond acceptors (Lipinski definition) is 2. The zero-order valence-corrected chi connectivity index (χ0v) is 6.18. The van der Waals surface area contributed by atoms with Gasteiger partial charge in [0.15, 0.2) is 0 Å². The van der Waals surface area contributed by atoms with E-state index in [0.29, 0.717) is 5.91 Å². The van der Waals surface area contributed by atoms with E-state index in [0.717, 1.165) is 25.9 Å². The van der Waals surface area contributed by atoms with Crippen LogP contribution >= 0.6 is 0 Å². The molecule has 2 rings (SSSR count). The van der Waals surface area contributed by atoms with E-state index in [1.807, 2.05) is 11.9 Å². The summed E-state index contributed by atoms with van der Waals surface area (Å²) in [6.07, 6.45) is 2.08. The number of carbonyl (C=O) groups excluding carboxylic acids is 1. The molecule has 3 nitrogen and oxygen atoms in total. The average Bonchev–Trinajstić information content (AvgIpc) is 2.65. The van der Waals surface area contributed by atoms with Crippen molar-refractivity contribution in [3.8, 4) is 0 Å². The molecule has 0 aromatic heterocycles. The number of carbonyl (C=O) groups is 1. The topological polar surface area (TPSA) is 32.3 Å². The molecule has 1 spiro atoms. The lowest BCUT2D eigenvalue weighted by Gasteiger charge is -2.30. The standard InChI is InChI=1S/C7H12N2O/c1-9-5-4-8-7(2-3-7)6(9)10/h8H,2-5H2,1H3. The number of nitrogens with one attached hydrogen (secondary N) is 1. The van der Waals surface area contributed by atoms with E-state index >= 15 is 0 Å². The first-order valence-corrected chi connectivity index (χ1v) is 3.75. The molecule has 2 aliphatic rings. The minimum Gasteiger partial charge on any atom is -0.343 e. The van der Waals surface area contributed by atoms with Crippen LogP contribution in [0.15, 0.2) is 0 Å². The van der Waals surface area contributed by atoms with Crippen LogP contribution in [0, 0.1) is 0 Å². The first kappa shape index (κ1) is 6.16. The summed E-state index contributed by atoms with van der Waals surface area (Å²) < 4.78 is 0. The van der Waals surface area contributed by atoms with E-state index in [2.05, 4.69) is 5.32 Å². The zero-order valence-electron chi connectivity index (χ0n) is 6.18. The van der Waals surface area contributed by atoms with Crippen LogP contribution in [0.4, 0.5) is 0 Å². The Balaban J connectivity index is 2.15. The van der Waals surface area contributed by atoms with Crippen molar-refractivity contribution >= 4 is 5.91 Å². The SMILES string of the molecule is CN1CCNC2(CC2)C1=O. The van der Waals surface area contributed by atoms with Crippen molar-refractivity contribution in [3.05, 3.63) is 0 Å². The summed E-state index contributed by atoms with van der Waals surface area (Å²) in [6.45, 7) is 1.82. The van der Waals surface area contributed by atoms with Crippen molar-refractivity contribution in [3.63, 3.8) is 0 Å². The Hall–Kier alpha value is -0.570. The maximum absolute atomic E-state index is 11.4. The zero-order chi connectivity index (χ0) is 7.19. The fourth-order valence-electron chi connectivity index (χ4n) is 1.52. The maximum Gasteiger partial charge on any atom is 0.242 e. The van der Waals surface area contributed by atoms with Gasteiger partial charge in [0.1, 0.15) is 0 Å². The van der Waals surface area contributed by atoms with Gasteiger partial charge >= 0.3 is 0 Å². The van der Waals surface area contributed by atoms with Gasteiger partial charge in [-0.05, 0) is 12.8 Å². The number of piperazine rings is 1. The Morgan fingerprint density at radius 3 is 2.80 bits per heavy atom. The number of amides is 1. The molecule has 1 saturated heterocycles. The van der Waals surface area contributed by atoms with Crippen molar-refractivity contribution in [1.29, 1.82) is 0 Å². The van der Waals surface area contributed by atoms with Crippen LogP contribution < -0.4 is 5.32 Å². The van der Waals surface area contributed by atoms with Crippen LogP contribution in [0.3, 0.4) is 0 Å². The fraction of sp³-hybridized carbons (Fsp3) is 0.857. The molecule has 0 atom stereocenters. The molecule has 1 heterocycles. The Bertz CT molecular complexity index is 174. The highest BCUT2D eigenvalue weighted by Crippen LogP contribution is 2.38. The van der Waals surface area contributed by atoms with E-state index in [1.165, 1.54) is 0 Å². The summed E-state index contributed by atoms with van der Waals surface area (Å²) in [4.78, 5) is 13.2. The monoisotopic (exact) mass is 140 g/mol. The van der Waals surface area contributed by atoms with Crippen LogP contribution in [-0.2, 0) is 4.79 Å². The van der Waals surface area contributed by atoms with E-state index in [4.69, 9.17) is 0 Å². The lowest BCUT2D eigenvalue weighted by Crippen LogP contribution is -2.55. The third-order valence-corrected chi connectivity index (χ3v) is 2.42. The van der Waals surface area contributed by atoms with Crippen molar-refractivity contribution in [2.24, 2.45) is 0 Å². The van der Waals surface area contributed by atoms with Crippen molar-refractivity contribution in [2.45, 2.75) is 18.4 Å². The highest BCUT2D eigenvalue weighted by Gasteiger charge is 2.52. The van der Waals surface area contributed by atoms with E-state index in [1.54, 1.807) is 0 Å². The van der Waals surface area contributed by atoms with Gasteiger partial charge in [-0.1, -0.05) is 0 Å². The highest BCUT2D eigenvalue weighted by molar-refractivity contribution is 5.89. The molecule has 1 N–H and O–H groups in total. The molecule has 1 amide bonds. The molecule has 0 unspecified atom stereocenters. The van der Waals surface area contributed by atoms with E-state index < -0.39 is 0 Å². The second kappa shape index (κ2) is 1.72. The van der Waals surface area contributed by atoms with Crippen LogP contribution in [-0.4, -0.2) is 36.5 Å². The van der Waals surface area contributed by atoms with E-state index in [-0.39, 0.29) is 5.54 Å². The fourth-order valence-corrected chi connectivity index (χ4v) is 1.52. The normalized spacial score (nSPS) is 29.3. The Morgan fingerprint density at radius 1 is 1.60 bits per heavy atom. The van der Waals surface area contributed by atoms with Gasteiger partial charge in [0.05, 0.1) is 5.54 Å². The van der Waals surface area contributed by atoms with Gasteiger partial charge in [-0.2, -0.15) is 0 Å². The lowest BCUT2D eigenvalue weighted by molar-refractivity contribution is -0.135. The largest absolute Gasteiger partial charge is 0.343 e. The second-order valence-corrected chi connectivity index (χ2v) is 3.24. The number of likely N-dealkylation sites (N-methyl/N-ethyl adjacent to an activating group) is 1. The smallest absolute Gasteiger partial charge is 0.242 e. The summed E-state index contributed by atoms with van der Waals surface area (Å²) in [6, 6.07) is 0. The number of hydrogen-bond donors (Lipinski definition) is 1. The van der Waals surface area contributed by atoms with Gasteiger partial charge in [0.25, 0.3) is 0 Å². The minimum atomic E-state index is -0.104. The quantitative estimate of drug-likeness (QED) is 0.495. The molecule has 0 bridgehead atoms. The minimum absolute atomic E-state index is 0.104. The summed E-state index contributed by atoms with van der Waals surface area (Å²) in [5, 5.41) is 3.26. The van der Waals surface area contributed by atoms with Crippen LogP contribution in [0.5, 0.6) is 0 Å².